The van der Waals surface area contributed by atoms with Crippen molar-refractivity contribution >= 4 is 33.3 Å². The third-order valence-corrected chi connectivity index (χ3v) is 4.47. The van der Waals surface area contributed by atoms with E-state index in [4.69, 9.17) is 4.74 Å². The van der Waals surface area contributed by atoms with Crippen molar-refractivity contribution in [2.24, 2.45) is 7.05 Å². The van der Waals surface area contributed by atoms with Crippen LogP contribution >= 0.6 is 23.1 Å². The van der Waals surface area contributed by atoms with Gasteiger partial charge >= 0.3 is 9.85 Å². The summed E-state index contributed by atoms with van der Waals surface area (Å²) in [5.74, 6) is 0.668. The van der Waals surface area contributed by atoms with Gasteiger partial charge in [-0.15, -0.1) is 0 Å². The third kappa shape index (κ3) is 2.89. The quantitative estimate of drug-likeness (QED) is 0.632. The minimum Gasteiger partial charge on any atom is -0.494 e. The number of thiazole rings is 1. The van der Waals surface area contributed by atoms with Crippen LogP contribution in [0, 0.1) is 0 Å². The Morgan fingerprint density at radius 3 is 2.72 bits per heavy atom. The molecule has 2 nitrogen and oxygen atoms in total. The molecule has 0 aliphatic rings. The lowest BCUT2D eigenvalue weighted by molar-refractivity contribution is -0.677. The highest BCUT2D eigenvalue weighted by Gasteiger charge is 2.35. The Morgan fingerprint density at radius 1 is 1.39 bits per heavy atom. The summed E-state index contributed by atoms with van der Waals surface area (Å²) < 4.78 is 45.1. The van der Waals surface area contributed by atoms with E-state index >= 15 is 0 Å². The van der Waals surface area contributed by atoms with Gasteiger partial charge in [0.05, 0.1) is 24.4 Å². The molecular formula is C11H11F3NOS2+. The van der Waals surface area contributed by atoms with Gasteiger partial charge in [-0.05, 0) is 19.1 Å². The number of thioether (sulfide) groups is 1. The Labute approximate surface area is 110 Å². The molecule has 0 fully saturated rings. The Hall–Kier alpha value is -0.950. The molecule has 0 atom stereocenters. The van der Waals surface area contributed by atoms with E-state index in [1.165, 1.54) is 0 Å². The summed E-state index contributed by atoms with van der Waals surface area (Å²) in [6.45, 7) is 2.40. The van der Waals surface area contributed by atoms with Crippen LogP contribution in [0.4, 0.5) is 13.2 Å². The van der Waals surface area contributed by atoms with Crippen molar-refractivity contribution in [2.75, 3.05) is 6.61 Å². The van der Waals surface area contributed by atoms with Crippen molar-refractivity contribution < 1.29 is 22.5 Å². The minimum absolute atomic E-state index is 0.0870. The molecule has 0 N–H and O–H groups in total. The van der Waals surface area contributed by atoms with Gasteiger partial charge in [0.1, 0.15) is 17.5 Å². The Morgan fingerprint density at radius 2 is 2.11 bits per heavy atom. The summed E-state index contributed by atoms with van der Waals surface area (Å²) in [5.41, 5.74) is -3.51. The van der Waals surface area contributed by atoms with E-state index in [2.05, 4.69) is 0 Å². The molecule has 0 spiro atoms. The van der Waals surface area contributed by atoms with Gasteiger partial charge in [0.2, 0.25) is 5.52 Å². The number of rotatable bonds is 3. The molecule has 0 unspecified atom stereocenters. The zero-order valence-electron chi connectivity index (χ0n) is 9.75. The smallest absolute Gasteiger partial charge is 0.452 e. The molecule has 0 aliphatic carbocycles. The first kappa shape index (κ1) is 13.5. The lowest BCUT2D eigenvalue weighted by Gasteiger charge is -2.00. The first-order chi connectivity index (χ1) is 8.40. The average molecular weight is 294 g/mol. The summed E-state index contributed by atoms with van der Waals surface area (Å²) >= 11 is 1.04. The fraction of sp³-hybridized carbons (Fsp3) is 0.364. The van der Waals surface area contributed by atoms with Crippen LogP contribution in [0.2, 0.25) is 0 Å². The Balaban J connectivity index is 2.43. The van der Waals surface area contributed by atoms with Crippen LogP contribution in [0.25, 0.3) is 10.2 Å². The van der Waals surface area contributed by atoms with E-state index in [0.29, 0.717) is 12.4 Å². The number of aryl methyl sites for hydroxylation is 1. The van der Waals surface area contributed by atoms with Crippen molar-refractivity contribution in [2.45, 2.75) is 16.8 Å². The first-order valence-electron chi connectivity index (χ1n) is 5.22. The van der Waals surface area contributed by atoms with Crippen LogP contribution in [0.3, 0.4) is 0 Å². The van der Waals surface area contributed by atoms with Gasteiger partial charge in [-0.2, -0.15) is 17.7 Å². The van der Waals surface area contributed by atoms with Gasteiger partial charge in [-0.3, -0.25) is 0 Å². The molecule has 0 saturated carbocycles. The molecule has 18 heavy (non-hydrogen) atoms. The standard InChI is InChI=1S/C11H11F3NOS2/c1-3-16-7-4-5-9-8(6-7)15(2)10(17-9)18-11(12,13)14/h4-6H,3H2,1-2H3/q+1. The lowest BCUT2D eigenvalue weighted by atomic mass is 10.3. The molecule has 0 saturated heterocycles. The van der Waals surface area contributed by atoms with E-state index in [1.54, 1.807) is 29.8 Å². The van der Waals surface area contributed by atoms with Crippen molar-refractivity contribution in [1.29, 1.82) is 0 Å². The van der Waals surface area contributed by atoms with E-state index < -0.39 is 5.51 Å². The maximum Gasteiger partial charge on any atom is 0.452 e. The highest BCUT2D eigenvalue weighted by Crippen LogP contribution is 2.39. The number of nitrogens with zero attached hydrogens (tertiary/aromatic N) is 1. The minimum atomic E-state index is -4.26. The molecule has 0 aliphatic heterocycles. The van der Waals surface area contributed by atoms with Crippen LogP contribution in [0.15, 0.2) is 22.5 Å². The van der Waals surface area contributed by atoms with Crippen LogP contribution < -0.4 is 9.30 Å². The van der Waals surface area contributed by atoms with Crippen LogP contribution in [-0.2, 0) is 7.05 Å². The van der Waals surface area contributed by atoms with Gasteiger partial charge in [-0.25, -0.2) is 0 Å². The summed E-state index contributed by atoms with van der Waals surface area (Å²) in [6.07, 6.45) is 0. The number of ether oxygens (including phenoxy) is 1. The molecular weight excluding hydrogens is 283 g/mol. The number of fused-ring (bicyclic) bond motifs is 1. The van der Waals surface area contributed by atoms with Crippen molar-refractivity contribution in [3.05, 3.63) is 18.2 Å². The second-order valence-corrected chi connectivity index (χ2v) is 5.88. The van der Waals surface area contributed by atoms with Gasteiger partial charge in [0.25, 0.3) is 0 Å². The van der Waals surface area contributed by atoms with Gasteiger partial charge in [0.15, 0.2) is 0 Å². The highest BCUT2D eigenvalue weighted by atomic mass is 32.2. The monoisotopic (exact) mass is 294 g/mol. The molecule has 0 bridgehead atoms. The summed E-state index contributed by atoms with van der Waals surface area (Å²) in [7, 11) is 1.63. The average Bonchev–Trinajstić information content (AvgIpc) is 2.55. The zero-order chi connectivity index (χ0) is 13.3. The molecule has 7 heteroatoms. The van der Waals surface area contributed by atoms with Crippen LogP contribution in [-0.4, -0.2) is 12.1 Å². The largest absolute Gasteiger partial charge is 0.494 e. The van der Waals surface area contributed by atoms with Crippen molar-refractivity contribution in [3.63, 3.8) is 0 Å². The Kier molecular flexibility index (Phi) is 3.72. The predicted octanol–water partition coefficient (Wildman–Crippen LogP) is 3.74. The number of alkyl halides is 3. The summed E-state index contributed by atoms with van der Waals surface area (Å²) in [5, 5.41) is 0. The number of hydrogen-bond acceptors (Lipinski definition) is 3. The summed E-state index contributed by atoms with van der Waals surface area (Å²) in [6, 6.07) is 5.31. The summed E-state index contributed by atoms with van der Waals surface area (Å²) in [4.78, 5) is 0. The molecule has 1 heterocycles. The molecule has 0 amide bonds. The van der Waals surface area contributed by atoms with Crippen LogP contribution in [0.5, 0.6) is 5.75 Å². The van der Waals surface area contributed by atoms with Crippen LogP contribution in [0.1, 0.15) is 6.92 Å². The van der Waals surface area contributed by atoms with Gasteiger partial charge in [-0.1, -0.05) is 11.3 Å². The zero-order valence-corrected chi connectivity index (χ0v) is 11.4. The molecule has 0 radical (unpaired) electrons. The molecule has 2 rings (SSSR count). The third-order valence-electron chi connectivity index (χ3n) is 2.28. The molecule has 2 aromatic rings. The van der Waals surface area contributed by atoms with Gasteiger partial charge < -0.3 is 4.74 Å². The van der Waals surface area contributed by atoms with E-state index in [-0.39, 0.29) is 16.1 Å². The maximum atomic E-state index is 12.4. The lowest BCUT2D eigenvalue weighted by Crippen LogP contribution is -2.29. The SMILES string of the molecule is CCOc1ccc2sc(SC(F)(F)F)[n+](C)c2c1. The topological polar surface area (TPSA) is 13.1 Å². The van der Waals surface area contributed by atoms with Crippen molar-refractivity contribution in [1.82, 2.24) is 0 Å². The second-order valence-electron chi connectivity index (χ2n) is 3.54. The molecule has 98 valence electrons. The first-order valence-corrected chi connectivity index (χ1v) is 6.85. The molecule has 1 aromatic carbocycles. The second kappa shape index (κ2) is 4.97. The fourth-order valence-electron chi connectivity index (χ4n) is 1.55. The maximum absolute atomic E-state index is 12.4. The van der Waals surface area contributed by atoms with Gasteiger partial charge in [0, 0.05) is 0 Å². The van der Waals surface area contributed by atoms with Crippen molar-refractivity contribution in [3.8, 4) is 5.75 Å². The Bertz CT molecular complexity index is 565. The number of hydrogen-bond donors (Lipinski definition) is 0. The van der Waals surface area contributed by atoms with E-state index in [1.807, 2.05) is 6.92 Å². The normalized spacial score (nSPS) is 12.1. The van der Waals surface area contributed by atoms with E-state index in [0.717, 1.165) is 21.6 Å². The highest BCUT2D eigenvalue weighted by molar-refractivity contribution is 8.01. The molecule has 1 aromatic heterocycles. The number of halogens is 3. The number of aromatic nitrogens is 1. The fourth-order valence-corrected chi connectivity index (χ4v) is 3.56. The number of benzene rings is 1. The predicted molar refractivity (Wildman–Crippen MR) is 66.1 cm³/mol. The van der Waals surface area contributed by atoms with E-state index in [9.17, 15) is 13.2 Å².